The average molecular weight is 421 g/mol. The molecule has 1 fully saturated rings. The van der Waals surface area contributed by atoms with Gasteiger partial charge in [-0.2, -0.15) is 5.10 Å². The summed E-state index contributed by atoms with van der Waals surface area (Å²) in [5.74, 6) is -3.82. The molecule has 1 aliphatic heterocycles. The Morgan fingerprint density at radius 1 is 1.06 bits per heavy atom. The molecule has 6 amide bonds. The number of carbonyl (C=O) groups excluding carboxylic acids is 5. The van der Waals surface area contributed by atoms with E-state index in [-0.39, 0.29) is 11.5 Å². The first-order chi connectivity index (χ1) is 14.8. The molecule has 0 saturated carbocycles. The van der Waals surface area contributed by atoms with Gasteiger partial charge < -0.3 is 5.32 Å². The van der Waals surface area contributed by atoms with E-state index in [0.29, 0.717) is 16.9 Å². The molecule has 0 unspecified atom stereocenters. The molecule has 1 aliphatic rings. The number of imide groups is 2. The number of carbonyl (C=O) groups is 5. The van der Waals surface area contributed by atoms with Crippen LogP contribution >= 0.6 is 0 Å². The Morgan fingerprint density at radius 3 is 2.39 bits per heavy atom. The van der Waals surface area contributed by atoms with Crippen molar-refractivity contribution in [1.82, 2.24) is 10.7 Å². The molecule has 1 atom stereocenters. The highest BCUT2D eigenvalue weighted by atomic mass is 16.2. The smallest absolute Gasteiger partial charge is 0.326 e. The van der Waals surface area contributed by atoms with Gasteiger partial charge in [0.1, 0.15) is 0 Å². The number of amides is 6. The van der Waals surface area contributed by atoms with E-state index in [1.54, 1.807) is 43.3 Å². The highest BCUT2D eigenvalue weighted by Crippen LogP contribution is 2.23. The molecule has 158 valence electrons. The summed E-state index contributed by atoms with van der Waals surface area (Å²) < 4.78 is 0. The number of urea groups is 1. The summed E-state index contributed by atoms with van der Waals surface area (Å²) >= 11 is 0. The number of aryl methyl sites for hydroxylation is 1. The van der Waals surface area contributed by atoms with Gasteiger partial charge in [0.2, 0.25) is 11.8 Å². The first-order valence-electron chi connectivity index (χ1n) is 9.23. The van der Waals surface area contributed by atoms with Gasteiger partial charge in [0, 0.05) is 24.4 Å². The van der Waals surface area contributed by atoms with E-state index in [4.69, 9.17) is 0 Å². The van der Waals surface area contributed by atoms with Gasteiger partial charge in [0.25, 0.3) is 11.8 Å². The number of rotatable bonds is 5. The third kappa shape index (κ3) is 4.81. The Hall–Kier alpha value is -4.34. The van der Waals surface area contributed by atoms with E-state index in [1.807, 2.05) is 0 Å². The average Bonchev–Trinajstić information content (AvgIpc) is 2.71. The lowest BCUT2D eigenvalue weighted by Gasteiger charge is -2.29. The van der Waals surface area contributed by atoms with Crippen molar-refractivity contribution in [2.45, 2.75) is 13.8 Å². The molecule has 2 aromatic carbocycles. The second kappa shape index (κ2) is 8.99. The fourth-order valence-corrected chi connectivity index (χ4v) is 2.91. The minimum atomic E-state index is -1.39. The maximum Gasteiger partial charge on any atom is 0.335 e. The number of barbiturate groups is 1. The van der Waals surface area contributed by atoms with Gasteiger partial charge in [-0.1, -0.05) is 18.2 Å². The molecular weight excluding hydrogens is 402 g/mol. The van der Waals surface area contributed by atoms with Gasteiger partial charge in [-0.05, 0) is 42.8 Å². The molecule has 0 spiro atoms. The summed E-state index contributed by atoms with van der Waals surface area (Å²) in [6, 6.07) is 11.9. The first kappa shape index (κ1) is 21.4. The molecule has 0 aliphatic carbocycles. The number of benzene rings is 2. The molecule has 3 rings (SSSR count). The summed E-state index contributed by atoms with van der Waals surface area (Å²) in [6.07, 6.45) is 0.971. The third-order valence-corrected chi connectivity index (χ3v) is 4.42. The van der Waals surface area contributed by atoms with E-state index >= 15 is 0 Å². The van der Waals surface area contributed by atoms with Gasteiger partial charge in [-0.3, -0.25) is 24.5 Å². The Kier molecular flexibility index (Phi) is 6.20. The predicted octanol–water partition coefficient (Wildman–Crippen LogP) is 1.57. The Labute approximate surface area is 177 Å². The van der Waals surface area contributed by atoms with Crippen LogP contribution in [0.2, 0.25) is 0 Å². The van der Waals surface area contributed by atoms with Crippen molar-refractivity contribution >= 4 is 47.2 Å². The van der Waals surface area contributed by atoms with Crippen molar-refractivity contribution < 1.29 is 24.0 Å². The fourth-order valence-electron chi connectivity index (χ4n) is 2.91. The molecular formula is C21H19N5O5. The lowest BCUT2D eigenvalue weighted by Crippen LogP contribution is -2.59. The van der Waals surface area contributed by atoms with Crippen molar-refractivity contribution in [3.63, 3.8) is 0 Å². The minimum Gasteiger partial charge on any atom is -0.326 e. The van der Waals surface area contributed by atoms with Gasteiger partial charge in [0.15, 0.2) is 5.92 Å². The number of para-hydroxylation sites is 1. The van der Waals surface area contributed by atoms with Gasteiger partial charge in [-0.15, -0.1) is 0 Å². The predicted molar refractivity (Wildman–Crippen MR) is 112 cm³/mol. The van der Waals surface area contributed by atoms with Crippen molar-refractivity contribution in [3.05, 3.63) is 59.7 Å². The van der Waals surface area contributed by atoms with E-state index in [2.05, 4.69) is 21.2 Å². The van der Waals surface area contributed by atoms with Crippen LogP contribution in [0.15, 0.2) is 53.6 Å². The molecule has 0 bridgehead atoms. The molecule has 3 N–H and O–H groups in total. The second-order valence-electron chi connectivity index (χ2n) is 6.71. The first-order valence-corrected chi connectivity index (χ1v) is 9.23. The van der Waals surface area contributed by atoms with Crippen LogP contribution in [-0.2, 0) is 14.4 Å². The summed E-state index contributed by atoms with van der Waals surface area (Å²) in [5, 5.41) is 8.40. The monoisotopic (exact) mass is 421 g/mol. The second-order valence-corrected chi connectivity index (χ2v) is 6.71. The van der Waals surface area contributed by atoms with Crippen LogP contribution in [0, 0.1) is 12.8 Å². The Bertz CT molecular complexity index is 1090. The third-order valence-electron chi connectivity index (χ3n) is 4.42. The number of anilines is 2. The SMILES string of the molecule is CC(=O)Nc1ccc(C(=O)N/N=C\[C@@H]2C(=O)NC(=O)N(c3ccccc3C)C2=O)cc1. The number of nitrogens with one attached hydrogen (secondary N) is 3. The van der Waals surface area contributed by atoms with Crippen LogP contribution in [0.5, 0.6) is 0 Å². The normalized spacial score (nSPS) is 16.3. The van der Waals surface area contributed by atoms with Crippen LogP contribution in [0.25, 0.3) is 0 Å². The standard InChI is InChI=1S/C21H19N5O5/c1-12-5-3-4-6-17(12)26-20(30)16(19(29)24-21(26)31)11-22-25-18(28)14-7-9-15(10-8-14)23-13(2)27/h3-11,16H,1-2H3,(H,23,27)(H,25,28)(H,24,29,31)/b22-11-/t16-/m1/s1. The van der Waals surface area contributed by atoms with Crippen LogP contribution in [-0.4, -0.2) is 35.9 Å². The van der Waals surface area contributed by atoms with Gasteiger partial charge in [0.05, 0.1) is 5.69 Å². The fraction of sp³-hybridized carbons (Fsp3) is 0.143. The van der Waals surface area contributed by atoms with Crippen LogP contribution in [0.1, 0.15) is 22.8 Å². The largest absolute Gasteiger partial charge is 0.335 e. The van der Waals surface area contributed by atoms with Crippen LogP contribution in [0.4, 0.5) is 16.2 Å². The molecule has 2 aromatic rings. The Morgan fingerprint density at radius 2 is 1.74 bits per heavy atom. The maximum atomic E-state index is 12.8. The Balaban J connectivity index is 1.70. The van der Waals surface area contributed by atoms with Gasteiger partial charge >= 0.3 is 6.03 Å². The zero-order valence-electron chi connectivity index (χ0n) is 16.7. The van der Waals surface area contributed by atoms with Crippen LogP contribution < -0.4 is 21.0 Å². The van der Waals surface area contributed by atoms with E-state index in [9.17, 15) is 24.0 Å². The molecule has 1 saturated heterocycles. The summed E-state index contributed by atoms with van der Waals surface area (Å²) in [5.41, 5.74) is 4.03. The number of hydrazone groups is 1. The quantitative estimate of drug-likeness (QED) is 0.382. The lowest BCUT2D eigenvalue weighted by molar-refractivity contribution is -0.131. The summed E-state index contributed by atoms with van der Waals surface area (Å²) in [4.78, 5) is 61.2. The zero-order valence-corrected chi connectivity index (χ0v) is 16.7. The minimum absolute atomic E-state index is 0.240. The summed E-state index contributed by atoms with van der Waals surface area (Å²) in [6.45, 7) is 3.10. The lowest BCUT2D eigenvalue weighted by atomic mass is 10.0. The number of hydrogen-bond acceptors (Lipinski definition) is 6. The van der Waals surface area contributed by atoms with Crippen molar-refractivity contribution in [2.24, 2.45) is 11.0 Å². The topological polar surface area (TPSA) is 137 Å². The highest BCUT2D eigenvalue weighted by molar-refractivity contribution is 6.32. The van der Waals surface area contributed by atoms with Crippen LogP contribution in [0.3, 0.4) is 0 Å². The number of hydrogen-bond donors (Lipinski definition) is 3. The summed E-state index contributed by atoms with van der Waals surface area (Å²) in [7, 11) is 0. The highest BCUT2D eigenvalue weighted by Gasteiger charge is 2.40. The molecule has 10 nitrogen and oxygen atoms in total. The van der Waals surface area contributed by atoms with Gasteiger partial charge in [-0.25, -0.2) is 15.1 Å². The van der Waals surface area contributed by atoms with E-state index in [1.165, 1.54) is 19.1 Å². The number of nitrogens with zero attached hydrogens (tertiary/aromatic N) is 2. The molecule has 0 aromatic heterocycles. The molecule has 10 heteroatoms. The maximum absolute atomic E-state index is 12.8. The molecule has 1 heterocycles. The van der Waals surface area contributed by atoms with Crippen molar-refractivity contribution in [3.8, 4) is 0 Å². The van der Waals surface area contributed by atoms with E-state index < -0.39 is 29.7 Å². The molecule has 31 heavy (non-hydrogen) atoms. The van der Waals surface area contributed by atoms with Crippen molar-refractivity contribution in [2.75, 3.05) is 10.2 Å². The zero-order chi connectivity index (χ0) is 22.5. The molecule has 0 radical (unpaired) electrons. The van der Waals surface area contributed by atoms with Crippen molar-refractivity contribution in [1.29, 1.82) is 0 Å². The van der Waals surface area contributed by atoms with E-state index in [0.717, 1.165) is 11.1 Å².